The Balaban J connectivity index is 1.74. The molecule has 126 valence electrons. The average molecular weight is 348 g/mol. The summed E-state index contributed by atoms with van der Waals surface area (Å²) >= 11 is 1.58. The van der Waals surface area contributed by atoms with Gasteiger partial charge in [-0.1, -0.05) is 72.4 Å². The molecular formula is C21H20N2OS. The second-order valence-electron chi connectivity index (χ2n) is 5.35. The van der Waals surface area contributed by atoms with Gasteiger partial charge in [0.05, 0.1) is 12.2 Å². The van der Waals surface area contributed by atoms with Gasteiger partial charge in [0.1, 0.15) is 5.75 Å². The summed E-state index contributed by atoms with van der Waals surface area (Å²) in [6.45, 7) is 0.645. The zero-order valence-corrected chi connectivity index (χ0v) is 14.9. The minimum absolute atomic E-state index is 0.645. The molecular weight excluding hydrogens is 328 g/mol. The molecule has 0 heterocycles. The number of aliphatic imine (C=N–C) groups is 1. The molecule has 0 radical (unpaired) electrons. The zero-order chi connectivity index (χ0) is 17.3. The highest BCUT2D eigenvalue weighted by molar-refractivity contribution is 8.13. The average Bonchev–Trinajstić information content (AvgIpc) is 2.68. The molecule has 0 unspecified atom stereocenters. The van der Waals surface area contributed by atoms with Crippen LogP contribution in [0.5, 0.6) is 11.5 Å². The largest absolute Gasteiger partial charge is 0.455 e. The molecule has 3 aromatic rings. The van der Waals surface area contributed by atoms with Gasteiger partial charge in [-0.3, -0.25) is 4.99 Å². The molecule has 0 fully saturated rings. The molecule has 0 aliphatic carbocycles. The van der Waals surface area contributed by atoms with Crippen LogP contribution < -0.4 is 10.1 Å². The van der Waals surface area contributed by atoms with Crippen molar-refractivity contribution in [1.82, 2.24) is 0 Å². The number of nitrogens with zero attached hydrogens (tertiary/aromatic N) is 1. The molecule has 0 saturated carbocycles. The van der Waals surface area contributed by atoms with Crippen LogP contribution in [0.4, 0.5) is 5.69 Å². The maximum absolute atomic E-state index is 5.99. The second-order valence-corrected chi connectivity index (χ2v) is 6.14. The first kappa shape index (κ1) is 17.1. The summed E-state index contributed by atoms with van der Waals surface area (Å²) < 4.78 is 5.99. The fourth-order valence-electron chi connectivity index (χ4n) is 2.29. The van der Waals surface area contributed by atoms with E-state index in [1.807, 2.05) is 79.1 Å². The Morgan fingerprint density at radius 2 is 1.52 bits per heavy atom. The van der Waals surface area contributed by atoms with Crippen molar-refractivity contribution in [3.05, 3.63) is 90.5 Å². The van der Waals surface area contributed by atoms with E-state index in [0.717, 1.165) is 22.4 Å². The maximum atomic E-state index is 5.99. The number of hydrogen-bond donors (Lipinski definition) is 1. The van der Waals surface area contributed by atoms with Gasteiger partial charge >= 0.3 is 0 Å². The van der Waals surface area contributed by atoms with E-state index in [4.69, 9.17) is 4.74 Å². The van der Waals surface area contributed by atoms with Crippen molar-refractivity contribution >= 4 is 22.6 Å². The molecule has 0 bridgehead atoms. The van der Waals surface area contributed by atoms with E-state index in [2.05, 4.69) is 22.4 Å². The molecule has 3 rings (SSSR count). The second kappa shape index (κ2) is 8.94. The van der Waals surface area contributed by atoms with Crippen LogP contribution >= 0.6 is 11.8 Å². The lowest BCUT2D eigenvalue weighted by molar-refractivity contribution is 0.485. The van der Waals surface area contributed by atoms with E-state index in [1.165, 1.54) is 5.56 Å². The number of rotatable bonds is 5. The Bertz CT molecular complexity index is 820. The Kier molecular flexibility index (Phi) is 6.12. The quantitative estimate of drug-likeness (QED) is 0.466. The van der Waals surface area contributed by atoms with Crippen LogP contribution in [0.15, 0.2) is 89.9 Å². The maximum Gasteiger partial charge on any atom is 0.161 e. The van der Waals surface area contributed by atoms with Crippen LogP contribution in [0.1, 0.15) is 5.56 Å². The van der Waals surface area contributed by atoms with E-state index in [0.29, 0.717) is 6.54 Å². The molecule has 3 aromatic carbocycles. The highest BCUT2D eigenvalue weighted by atomic mass is 32.2. The molecule has 0 amide bonds. The summed E-state index contributed by atoms with van der Waals surface area (Å²) in [5.41, 5.74) is 2.08. The first-order chi connectivity index (χ1) is 12.3. The Morgan fingerprint density at radius 3 is 2.24 bits per heavy atom. The number of nitrogens with one attached hydrogen (secondary N) is 1. The third-order valence-electron chi connectivity index (χ3n) is 3.54. The SMILES string of the molecule is CSC(=NCc1ccccc1)Nc1ccccc1Oc1ccccc1. The first-order valence-electron chi connectivity index (χ1n) is 8.06. The third kappa shape index (κ3) is 5.13. The van der Waals surface area contributed by atoms with E-state index < -0.39 is 0 Å². The highest BCUT2D eigenvalue weighted by Gasteiger charge is 2.06. The molecule has 3 nitrogen and oxygen atoms in total. The lowest BCUT2D eigenvalue weighted by atomic mass is 10.2. The number of anilines is 1. The summed E-state index contributed by atoms with van der Waals surface area (Å²) in [7, 11) is 0. The van der Waals surface area contributed by atoms with Crippen LogP contribution in [-0.2, 0) is 6.54 Å². The summed E-state index contributed by atoms with van der Waals surface area (Å²) in [4.78, 5) is 4.67. The number of thioether (sulfide) groups is 1. The minimum Gasteiger partial charge on any atom is -0.455 e. The molecule has 25 heavy (non-hydrogen) atoms. The van der Waals surface area contributed by atoms with E-state index in [1.54, 1.807) is 11.8 Å². The summed E-state index contributed by atoms with van der Waals surface area (Å²) in [6.07, 6.45) is 2.01. The number of hydrogen-bond acceptors (Lipinski definition) is 3. The number of ether oxygens (including phenoxy) is 1. The fraction of sp³-hybridized carbons (Fsp3) is 0.0952. The minimum atomic E-state index is 0.645. The zero-order valence-electron chi connectivity index (χ0n) is 14.1. The van der Waals surface area contributed by atoms with Crippen molar-refractivity contribution < 1.29 is 4.74 Å². The van der Waals surface area contributed by atoms with Gasteiger partial charge in [-0.15, -0.1) is 0 Å². The molecule has 0 atom stereocenters. The molecule has 0 aliphatic rings. The van der Waals surface area contributed by atoms with Gasteiger partial charge in [-0.05, 0) is 36.1 Å². The first-order valence-corrected chi connectivity index (χ1v) is 9.29. The van der Waals surface area contributed by atoms with Crippen LogP contribution in [0, 0.1) is 0 Å². The lowest BCUT2D eigenvalue weighted by Gasteiger charge is -2.13. The van der Waals surface area contributed by atoms with Gasteiger partial charge in [-0.2, -0.15) is 0 Å². The van der Waals surface area contributed by atoms with Gasteiger partial charge in [-0.25, -0.2) is 0 Å². The van der Waals surface area contributed by atoms with Crippen molar-refractivity contribution in [2.75, 3.05) is 11.6 Å². The molecule has 0 aliphatic heterocycles. The van der Waals surface area contributed by atoms with Gasteiger partial charge in [0.15, 0.2) is 10.9 Å². The van der Waals surface area contributed by atoms with Crippen LogP contribution in [0.25, 0.3) is 0 Å². The van der Waals surface area contributed by atoms with Gasteiger partial charge in [0, 0.05) is 0 Å². The monoisotopic (exact) mass is 348 g/mol. The Labute approximate surface area is 152 Å². The van der Waals surface area contributed by atoms with Gasteiger partial charge < -0.3 is 10.1 Å². The van der Waals surface area contributed by atoms with Crippen LogP contribution in [-0.4, -0.2) is 11.4 Å². The predicted octanol–water partition coefficient (Wildman–Crippen LogP) is 5.81. The topological polar surface area (TPSA) is 33.6 Å². The van der Waals surface area contributed by atoms with Crippen molar-refractivity contribution in [2.24, 2.45) is 4.99 Å². The van der Waals surface area contributed by atoms with E-state index in [9.17, 15) is 0 Å². The molecule has 0 saturated heterocycles. The summed E-state index contributed by atoms with van der Waals surface area (Å²) in [5, 5.41) is 4.23. The standard InChI is InChI=1S/C21H20N2OS/c1-25-21(22-16-17-10-4-2-5-11-17)23-19-14-8-9-15-20(19)24-18-12-6-3-7-13-18/h2-15H,16H2,1H3,(H,22,23). The number of benzene rings is 3. The van der Waals surface area contributed by atoms with Crippen molar-refractivity contribution in [2.45, 2.75) is 6.54 Å². The Hall–Kier alpha value is -2.72. The normalized spacial score (nSPS) is 11.2. The van der Waals surface area contributed by atoms with Crippen molar-refractivity contribution in [3.63, 3.8) is 0 Å². The summed E-state index contributed by atoms with van der Waals surface area (Å²) in [5.74, 6) is 1.58. The number of amidine groups is 1. The molecule has 4 heteroatoms. The van der Waals surface area contributed by atoms with E-state index >= 15 is 0 Å². The molecule has 0 spiro atoms. The predicted molar refractivity (Wildman–Crippen MR) is 108 cm³/mol. The fourth-order valence-corrected chi connectivity index (χ4v) is 2.70. The number of para-hydroxylation sites is 3. The smallest absolute Gasteiger partial charge is 0.161 e. The third-order valence-corrected chi connectivity index (χ3v) is 4.16. The van der Waals surface area contributed by atoms with Gasteiger partial charge in [0.25, 0.3) is 0 Å². The highest BCUT2D eigenvalue weighted by Crippen LogP contribution is 2.29. The molecule has 1 N–H and O–H groups in total. The molecule has 0 aromatic heterocycles. The Morgan fingerprint density at radius 1 is 0.880 bits per heavy atom. The van der Waals surface area contributed by atoms with Crippen molar-refractivity contribution in [3.8, 4) is 11.5 Å². The van der Waals surface area contributed by atoms with Crippen LogP contribution in [0.3, 0.4) is 0 Å². The van der Waals surface area contributed by atoms with Gasteiger partial charge in [0.2, 0.25) is 0 Å². The lowest BCUT2D eigenvalue weighted by Crippen LogP contribution is -2.08. The van der Waals surface area contributed by atoms with Crippen molar-refractivity contribution in [1.29, 1.82) is 0 Å². The van der Waals surface area contributed by atoms with Crippen LogP contribution in [0.2, 0.25) is 0 Å². The van der Waals surface area contributed by atoms with E-state index in [-0.39, 0.29) is 0 Å². The summed E-state index contributed by atoms with van der Waals surface area (Å²) in [6, 6.07) is 27.9.